The lowest BCUT2D eigenvalue weighted by molar-refractivity contribution is -0.128. The number of hydrogen-bond donors (Lipinski definition) is 2. The minimum atomic E-state index is -0.879. The van der Waals surface area contributed by atoms with Crippen molar-refractivity contribution in [3.8, 4) is 0 Å². The number of carbonyl (C=O) groups is 2. The Hall–Kier alpha value is -2.57. The van der Waals surface area contributed by atoms with Gasteiger partial charge in [0, 0.05) is 30.9 Å². The van der Waals surface area contributed by atoms with Gasteiger partial charge in [0.05, 0.1) is 6.54 Å². The van der Waals surface area contributed by atoms with Gasteiger partial charge in [-0.05, 0) is 56.4 Å². The second kappa shape index (κ2) is 6.30. The van der Waals surface area contributed by atoms with Crippen molar-refractivity contribution in [3.05, 3.63) is 29.8 Å². The highest BCUT2D eigenvalue weighted by Crippen LogP contribution is 2.37. The molecule has 1 aromatic carbocycles. The van der Waals surface area contributed by atoms with Crippen LogP contribution in [0.1, 0.15) is 37.7 Å². The van der Waals surface area contributed by atoms with E-state index < -0.39 is 11.4 Å². The van der Waals surface area contributed by atoms with Crippen molar-refractivity contribution in [3.63, 3.8) is 0 Å². The van der Waals surface area contributed by atoms with E-state index in [0.717, 1.165) is 50.0 Å². The molecule has 7 nitrogen and oxygen atoms in total. The monoisotopic (exact) mass is 355 g/mol. The van der Waals surface area contributed by atoms with Gasteiger partial charge < -0.3 is 15.5 Å². The summed E-state index contributed by atoms with van der Waals surface area (Å²) in [6, 6.07) is 7.36. The SMILES string of the molecule is N=C(c1ccc(N2C[C@@]3(C(N)=O)CCCCN3C2=O)cc1)N1CCCC1. The van der Waals surface area contributed by atoms with E-state index in [1.807, 2.05) is 24.3 Å². The summed E-state index contributed by atoms with van der Waals surface area (Å²) in [5, 5.41) is 8.34. The number of nitrogens with one attached hydrogen (secondary N) is 1. The Morgan fingerprint density at radius 1 is 1.04 bits per heavy atom. The second-order valence-electron chi connectivity index (χ2n) is 7.46. The maximum absolute atomic E-state index is 12.9. The Bertz CT molecular complexity index is 741. The van der Waals surface area contributed by atoms with Crippen molar-refractivity contribution in [2.75, 3.05) is 31.1 Å². The number of fused-ring (bicyclic) bond motifs is 1. The number of nitrogens with two attached hydrogens (primary N) is 1. The van der Waals surface area contributed by atoms with Gasteiger partial charge in [0.25, 0.3) is 0 Å². The molecule has 0 saturated carbocycles. The normalized spacial score (nSPS) is 25.5. The highest BCUT2D eigenvalue weighted by atomic mass is 16.2. The Kier molecular flexibility index (Phi) is 4.09. The molecule has 0 unspecified atom stereocenters. The Morgan fingerprint density at radius 3 is 2.31 bits per heavy atom. The first kappa shape index (κ1) is 16.9. The van der Waals surface area contributed by atoms with Crippen LogP contribution in [0.5, 0.6) is 0 Å². The van der Waals surface area contributed by atoms with E-state index in [-0.39, 0.29) is 6.03 Å². The van der Waals surface area contributed by atoms with Gasteiger partial charge in [-0.1, -0.05) is 0 Å². The fraction of sp³-hybridized carbons (Fsp3) is 0.526. The van der Waals surface area contributed by atoms with E-state index >= 15 is 0 Å². The van der Waals surface area contributed by atoms with Gasteiger partial charge in [0.1, 0.15) is 11.4 Å². The minimum Gasteiger partial charge on any atom is -0.368 e. The number of primary amides is 1. The van der Waals surface area contributed by atoms with Gasteiger partial charge in [-0.15, -0.1) is 0 Å². The molecule has 26 heavy (non-hydrogen) atoms. The number of urea groups is 1. The van der Waals surface area contributed by atoms with E-state index in [4.69, 9.17) is 11.1 Å². The van der Waals surface area contributed by atoms with E-state index in [9.17, 15) is 9.59 Å². The summed E-state index contributed by atoms with van der Waals surface area (Å²) in [7, 11) is 0. The molecule has 0 aromatic heterocycles. The van der Waals surface area contributed by atoms with E-state index in [0.29, 0.717) is 25.3 Å². The standard InChI is InChI=1S/C19H25N5O2/c20-16(22-10-3-4-11-22)14-5-7-15(8-6-14)23-13-19(17(21)25)9-1-2-12-24(19)18(23)26/h5-8,20H,1-4,9-13H2,(H2,21,25)/t19-/m1/s1. The fourth-order valence-electron chi connectivity index (χ4n) is 4.41. The molecule has 1 aromatic rings. The van der Waals surface area contributed by atoms with Crippen molar-refractivity contribution in [2.45, 2.75) is 37.6 Å². The zero-order chi connectivity index (χ0) is 18.3. The van der Waals surface area contributed by atoms with Gasteiger partial charge in [-0.3, -0.25) is 15.1 Å². The number of likely N-dealkylation sites (tertiary alicyclic amines) is 1. The fourth-order valence-corrected chi connectivity index (χ4v) is 4.41. The molecule has 3 fully saturated rings. The summed E-state index contributed by atoms with van der Waals surface area (Å²) >= 11 is 0. The predicted octanol–water partition coefficient (Wildman–Crippen LogP) is 1.76. The lowest BCUT2D eigenvalue weighted by Crippen LogP contribution is -2.58. The van der Waals surface area contributed by atoms with Crippen LogP contribution in [-0.4, -0.2) is 59.3 Å². The smallest absolute Gasteiger partial charge is 0.325 e. The first-order valence-corrected chi connectivity index (χ1v) is 9.36. The molecule has 4 rings (SSSR count). The van der Waals surface area contributed by atoms with E-state index in [2.05, 4.69) is 4.90 Å². The topological polar surface area (TPSA) is 93.7 Å². The second-order valence-corrected chi connectivity index (χ2v) is 7.46. The number of hydrogen-bond acceptors (Lipinski definition) is 3. The zero-order valence-electron chi connectivity index (χ0n) is 14.9. The summed E-state index contributed by atoms with van der Waals surface area (Å²) in [6.45, 7) is 2.75. The number of rotatable bonds is 3. The maximum Gasteiger partial charge on any atom is 0.325 e. The van der Waals surface area contributed by atoms with E-state index in [1.54, 1.807) is 9.80 Å². The molecule has 0 bridgehead atoms. The van der Waals surface area contributed by atoms with Crippen LogP contribution in [0.3, 0.4) is 0 Å². The van der Waals surface area contributed by atoms with Gasteiger partial charge in [0.2, 0.25) is 5.91 Å². The lowest BCUT2D eigenvalue weighted by atomic mass is 9.87. The molecule has 0 radical (unpaired) electrons. The summed E-state index contributed by atoms with van der Waals surface area (Å²) in [4.78, 5) is 30.4. The minimum absolute atomic E-state index is 0.147. The number of amidine groups is 1. The molecule has 3 aliphatic rings. The lowest BCUT2D eigenvalue weighted by Gasteiger charge is -2.37. The molecule has 0 spiro atoms. The van der Waals surface area contributed by atoms with Crippen molar-refractivity contribution in [1.29, 1.82) is 5.41 Å². The summed E-state index contributed by atoms with van der Waals surface area (Å²) in [5.74, 6) is 0.119. The third-order valence-electron chi connectivity index (χ3n) is 5.95. The number of amides is 3. The predicted molar refractivity (Wildman–Crippen MR) is 99.3 cm³/mol. The molecular weight excluding hydrogens is 330 g/mol. The molecule has 3 N–H and O–H groups in total. The van der Waals surface area contributed by atoms with Crippen molar-refractivity contribution in [1.82, 2.24) is 9.80 Å². The molecule has 3 saturated heterocycles. The number of benzene rings is 1. The highest BCUT2D eigenvalue weighted by molar-refractivity contribution is 6.03. The number of nitrogens with zero attached hydrogens (tertiary/aromatic N) is 3. The third-order valence-corrected chi connectivity index (χ3v) is 5.95. The van der Waals surface area contributed by atoms with Crippen LogP contribution in [0.25, 0.3) is 0 Å². The Morgan fingerprint density at radius 2 is 1.69 bits per heavy atom. The van der Waals surface area contributed by atoms with Gasteiger partial charge >= 0.3 is 6.03 Å². The van der Waals surface area contributed by atoms with Gasteiger partial charge in [-0.2, -0.15) is 0 Å². The summed E-state index contributed by atoms with van der Waals surface area (Å²) in [5.41, 5.74) is 6.41. The molecule has 3 aliphatic heterocycles. The zero-order valence-corrected chi connectivity index (χ0v) is 14.9. The first-order valence-electron chi connectivity index (χ1n) is 9.36. The molecule has 0 aliphatic carbocycles. The quantitative estimate of drug-likeness (QED) is 0.639. The van der Waals surface area contributed by atoms with Crippen molar-refractivity contribution in [2.24, 2.45) is 5.73 Å². The van der Waals surface area contributed by atoms with Crippen molar-refractivity contribution >= 4 is 23.5 Å². The van der Waals surface area contributed by atoms with Crippen LogP contribution in [0.2, 0.25) is 0 Å². The number of anilines is 1. The molecule has 3 heterocycles. The van der Waals surface area contributed by atoms with E-state index in [1.165, 1.54) is 0 Å². The largest absolute Gasteiger partial charge is 0.368 e. The van der Waals surface area contributed by atoms with Gasteiger partial charge in [-0.25, -0.2) is 4.79 Å². The van der Waals surface area contributed by atoms with Gasteiger partial charge in [0.15, 0.2) is 0 Å². The first-order chi connectivity index (χ1) is 12.5. The molecule has 3 amide bonds. The van der Waals surface area contributed by atoms with Crippen molar-refractivity contribution < 1.29 is 9.59 Å². The average molecular weight is 355 g/mol. The van der Waals surface area contributed by atoms with Crippen LogP contribution in [0.15, 0.2) is 24.3 Å². The highest BCUT2D eigenvalue weighted by Gasteiger charge is 2.54. The maximum atomic E-state index is 12.9. The Balaban J connectivity index is 1.57. The van der Waals surface area contributed by atoms with Crippen LogP contribution < -0.4 is 10.6 Å². The number of carbonyl (C=O) groups excluding carboxylic acids is 2. The van der Waals surface area contributed by atoms with Crippen LogP contribution in [-0.2, 0) is 4.79 Å². The summed E-state index contributed by atoms with van der Waals surface area (Å²) in [6.07, 6.45) is 4.71. The third kappa shape index (κ3) is 2.53. The number of piperidine rings is 1. The molecule has 7 heteroatoms. The molecule has 1 atom stereocenters. The average Bonchev–Trinajstić information content (AvgIpc) is 3.29. The Labute approximate surface area is 153 Å². The summed E-state index contributed by atoms with van der Waals surface area (Å²) < 4.78 is 0. The van der Waals surface area contributed by atoms with Crippen LogP contribution in [0.4, 0.5) is 10.5 Å². The molecule has 138 valence electrons. The molecular formula is C19H25N5O2. The van der Waals surface area contributed by atoms with Crippen LogP contribution in [0, 0.1) is 5.41 Å². The van der Waals surface area contributed by atoms with Crippen LogP contribution >= 0.6 is 0 Å².